The van der Waals surface area contributed by atoms with Crippen LogP contribution in [-0.4, -0.2) is 40.9 Å². The van der Waals surface area contributed by atoms with E-state index in [9.17, 15) is 14.9 Å². The summed E-state index contributed by atoms with van der Waals surface area (Å²) >= 11 is 0. The molecule has 1 N–H and O–H groups in total. The lowest BCUT2D eigenvalue weighted by atomic mass is 10.0. The van der Waals surface area contributed by atoms with E-state index in [1.165, 1.54) is 6.07 Å². The molecular formula is C14H20N4O3. The molecule has 114 valence electrons. The molecule has 0 radical (unpaired) electrons. The van der Waals surface area contributed by atoms with Gasteiger partial charge in [-0.1, -0.05) is 6.92 Å². The van der Waals surface area contributed by atoms with E-state index < -0.39 is 4.92 Å². The van der Waals surface area contributed by atoms with Crippen molar-refractivity contribution >= 4 is 17.4 Å². The minimum Gasteiger partial charge on any atom is -0.373 e. The summed E-state index contributed by atoms with van der Waals surface area (Å²) in [4.78, 5) is 28.8. The molecule has 1 aromatic rings. The molecule has 0 aliphatic carbocycles. The Labute approximate surface area is 123 Å². The summed E-state index contributed by atoms with van der Waals surface area (Å²) in [5.41, 5.74) is -0.134. The van der Waals surface area contributed by atoms with Crippen LogP contribution >= 0.6 is 0 Å². The van der Waals surface area contributed by atoms with E-state index >= 15 is 0 Å². The first-order valence-corrected chi connectivity index (χ1v) is 7.14. The topological polar surface area (TPSA) is 88.4 Å². The molecule has 7 heteroatoms. The zero-order valence-corrected chi connectivity index (χ0v) is 12.3. The molecule has 1 aromatic heterocycles. The molecule has 21 heavy (non-hydrogen) atoms. The Balaban J connectivity index is 2.30. The minimum absolute atomic E-state index is 0.105. The SMILES string of the molecule is CNc1cc(C(=O)N2CCCC(C)CC2)c([N+](=O)[O-])cn1. The van der Waals surface area contributed by atoms with E-state index in [1.54, 1.807) is 11.9 Å². The summed E-state index contributed by atoms with van der Waals surface area (Å²) in [5.74, 6) is 0.755. The van der Waals surface area contributed by atoms with Gasteiger partial charge in [0.25, 0.3) is 11.6 Å². The smallest absolute Gasteiger partial charge is 0.300 e. The molecule has 1 aliphatic heterocycles. The van der Waals surface area contributed by atoms with Crippen molar-refractivity contribution in [1.29, 1.82) is 0 Å². The molecule has 0 aromatic carbocycles. The molecule has 1 saturated heterocycles. The van der Waals surface area contributed by atoms with Gasteiger partial charge in [-0.05, 0) is 25.2 Å². The molecule has 1 amide bonds. The largest absolute Gasteiger partial charge is 0.373 e. The minimum atomic E-state index is -0.555. The third kappa shape index (κ3) is 3.48. The van der Waals surface area contributed by atoms with Crippen LogP contribution in [0.15, 0.2) is 12.3 Å². The molecule has 1 aliphatic rings. The molecule has 1 atom stereocenters. The van der Waals surface area contributed by atoms with Gasteiger partial charge in [-0.3, -0.25) is 14.9 Å². The second-order valence-corrected chi connectivity index (χ2v) is 5.42. The highest BCUT2D eigenvalue weighted by molar-refractivity contribution is 5.98. The summed E-state index contributed by atoms with van der Waals surface area (Å²) in [7, 11) is 1.66. The highest BCUT2D eigenvalue weighted by atomic mass is 16.6. The third-order valence-electron chi connectivity index (χ3n) is 3.87. The van der Waals surface area contributed by atoms with Crippen LogP contribution in [0.2, 0.25) is 0 Å². The highest BCUT2D eigenvalue weighted by Crippen LogP contribution is 2.24. The van der Waals surface area contributed by atoms with Gasteiger partial charge >= 0.3 is 0 Å². The highest BCUT2D eigenvalue weighted by Gasteiger charge is 2.27. The first-order valence-electron chi connectivity index (χ1n) is 7.14. The number of carbonyl (C=O) groups is 1. The number of hydrogen-bond acceptors (Lipinski definition) is 5. The molecule has 7 nitrogen and oxygen atoms in total. The maximum Gasteiger partial charge on any atom is 0.300 e. The number of rotatable bonds is 3. The zero-order chi connectivity index (χ0) is 15.4. The Kier molecular flexibility index (Phi) is 4.72. The number of amides is 1. The van der Waals surface area contributed by atoms with Crippen molar-refractivity contribution in [3.8, 4) is 0 Å². The maximum atomic E-state index is 12.6. The number of hydrogen-bond donors (Lipinski definition) is 1. The van der Waals surface area contributed by atoms with Crippen molar-refractivity contribution in [3.63, 3.8) is 0 Å². The number of pyridine rings is 1. The molecule has 1 fully saturated rings. The fraction of sp³-hybridized carbons (Fsp3) is 0.571. The van der Waals surface area contributed by atoms with Gasteiger partial charge in [-0.15, -0.1) is 0 Å². The quantitative estimate of drug-likeness (QED) is 0.682. The molecule has 0 bridgehead atoms. The first kappa shape index (κ1) is 15.2. The second kappa shape index (κ2) is 6.51. The predicted octanol–water partition coefficient (Wildman–Crippen LogP) is 2.29. The fourth-order valence-corrected chi connectivity index (χ4v) is 2.54. The standard InChI is InChI=1S/C14H20N4O3/c1-10-4-3-6-17(7-5-10)14(19)11-8-13(15-2)16-9-12(11)18(20)21/h8-10H,3-7H2,1-2H3,(H,15,16). The molecule has 0 saturated carbocycles. The van der Waals surface area contributed by atoms with Crippen molar-refractivity contribution in [3.05, 3.63) is 27.9 Å². The van der Waals surface area contributed by atoms with Crippen LogP contribution in [0.5, 0.6) is 0 Å². The fourth-order valence-electron chi connectivity index (χ4n) is 2.54. The van der Waals surface area contributed by atoms with Crippen LogP contribution in [0.4, 0.5) is 11.5 Å². The van der Waals surface area contributed by atoms with Crippen LogP contribution in [0.3, 0.4) is 0 Å². The summed E-state index contributed by atoms with van der Waals surface area (Å²) in [6.45, 7) is 3.47. The van der Waals surface area contributed by atoms with E-state index in [0.717, 1.165) is 25.5 Å². The van der Waals surface area contributed by atoms with Crippen molar-refractivity contribution in [1.82, 2.24) is 9.88 Å². The summed E-state index contributed by atoms with van der Waals surface area (Å²) in [5, 5.41) is 13.9. The second-order valence-electron chi connectivity index (χ2n) is 5.42. The molecule has 2 rings (SSSR count). The van der Waals surface area contributed by atoms with Gasteiger partial charge in [0.1, 0.15) is 17.6 Å². The van der Waals surface area contributed by atoms with Gasteiger partial charge in [0.05, 0.1) is 4.92 Å². The monoisotopic (exact) mass is 292 g/mol. The van der Waals surface area contributed by atoms with Crippen LogP contribution in [-0.2, 0) is 0 Å². The number of nitro groups is 1. The van der Waals surface area contributed by atoms with Gasteiger partial charge in [-0.25, -0.2) is 4.98 Å². The number of nitrogens with one attached hydrogen (secondary N) is 1. The summed E-state index contributed by atoms with van der Waals surface area (Å²) in [6, 6.07) is 1.45. The lowest BCUT2D eigenvalue weighted by Crippen LogP contribution is -2.32. The average molecular weight is 292 g/mol. The lowest BCUT2D eigenvalue weighted by Gasteiger charge is -2.20. The third-order valence-corrected chi connectivity index (χ3v) is 3.87. The van der Waals surface area contributed by atoms with Crippen LogP contribution in [0.25, 0.3) is 0 Å². The normalized spacial score (nSPS) is 19.0. The summed E-state index contributed by atoms with van der Waals surface area (Å²) in [6.07, 6.45) is 4.09. The lowest BCUT2D eigenvalue weighted by molar-refractivity contribution is -0.385. The molecular weight excluding hydrogens is 272 g/mol. The number of anilines is 1. The average Bonchev–Trinajstić information content (AvgIpc) is 2.70. The Morgan fingerprint density at radius 1 is 1.48 bits per heavy atom. The number of carbonyl (C=O) groups excluding carboxylic acids is 1. The van der Waals surface area contributed by atoms with E-state index in [4.69, 9.17) is 0 Å². The van der Waals surface area contributed by atoms with Crippen LogP contribution in [0.1, 0.15) is 36.5 Å². The first-order chi connectivity index (χ1) is 10.0. The molecule has 1 unspecified atom stereocenters. The van der Waals surface area contributed by atoms with Crippen molar-refractivity contribution in [2.45, 2.75) is 26.2 Å². The Morgan fingerprint density at radius 2 is 2.24 bits per heavy atom. The predicted molar refractivity (Wildman–Crippen MR) is 79.4 cm³/mol. The van der Waals surface area contributed by atoms with Crippen molar-refractivity contribution in [2.24, 2.45) is 5.92 Å². The van der Waals surface area contributed by atoms with E-state index in [2.05, 4.69) is 17.2 Å². The number of likely N-dealkylation sites (tertiary alicyclic amines) is 1. The van der Waals surface area contributed by atoms with Gasteiger partial charge in [0.2, 0.25) is 0 Å². The molecule has 2 heterocycles. The molecule has 0 spiro atoms. The van der Waals surface area contributed by atoms with Gasteiger partial charge in [0.15, 0.2) is 0 Å². The van der Waals surface area contributed by atoms with Crippen molar-refractivity contribution < 1.29 is 9.72 Å². The van der Waals surface area contributed by atoms with Crippen LogP contribution < -0.4 is 5.32 Å². The van der Waals surface area contributed by atoms with Gasteiger partial charge < -0.3 is 10.2 Å². The van der Waals surface area contributed by atoms with E-state index in [0.29, 0.717) is 24.8 Å². The number of aromatic nitrogens is 1. The van der Waals surface area contributed by atoms with Gasteiger partial charge in [-0.2, -0.15) is 0 Å². The summed E-state index contributed by atoms with van der Waals surface area (Å²) < 4.78 is 0. The zero-order valence-electron chi connectivity index (χ0n) is 12.3. The van der Waals surface area contributed by atoms with Crippen molar-refractivity contribution in [2.75, 3.05) is 25.5 Å². The number of nitrogens with zero attached hydrogens (tertiary/aromatic N) is 3. The van der Waals surface area contributed by atoms with Gasteiger partial charge in [0, 0.05) is 26.2 Å². The van der Waals surface area contributed by atoms with Crippen LogP contribution in [0, 0.1) is 16.0 Å². The Morgan fingerprint density at radius 3 is 2.90 bits per heavy atom. The maximum absolute atomic E-state index is 12.6. The van der Waals surface area contributed by atoms with E-state index in [-0.39, 0.29) is 17.2 Å². The van der Waals surface area contributed by atoms with E-state index in [1.807, 2.05) is 0 Å². The Bertz CT molecular complexity index is 547. The Hall–Kier alpha value is -2.18.